The number of halogens is 2. The van der Waals surface area contributed by atoms with Crippen molar-refractivity contribution in [1.29, 1.82) is 0 Å². The molecule has 0 radical (unpaired) electrons. The lowest BCUT2D eigenvalue weighted by molar-refractivity contribution is -0.125. The van der Waals surface area contributed by atoms with Gasteiger partial charge in [-0.15, -0.1) is 0 Å². The minimum absolute atomic E-state index is 0.00639. The van der Waals surface area contributed by atoms with Gasteiger partial charge in [0.25, 0.3) is 0 Å². The zero-order chi connectivity index (χ0) is 17.8. The Morgan fingerprint density at radius 2 is 1.80 bits per heavy atom. The third-order valence-electron chi connectivity index (χ3n) is 4.43. The number of aryl methyl sites for hydroxylation is 1. The van der Waals surface area contributed by atoms with E-state index in [1.54, 1.807) is 29.0 Å². The van der Waals surface area contributed by atoms with Gasteiger partial charge >= 0.3 is 0 Å². The number of rotatable bonds is 3. The zero-order valence-electron chi connectivity index (χ0n) is 14.2. The molecule has 6 heteroatoms. The maximum Gasteiger partial charge on any atom is 0.246 e. The second-order valence-corrected chi connectivity index (χ2v) is 6.61. The normalized spacial score (nSPS) is 15.6. The van der Waals surface area contributed by atoms with E-state index >= 15 is 0 Å². The fraction of sp³-hybridized carbons (Fsp3) is 0.368. The van der Waals surface area contributed by atoms with Crippen LogP contribution in [0.25, 0.3) is 11.8 Å². The lowest BCUT2D eigenvalue weighted by Crippen LogP contribution is -2.30. The van der Waals surface area contributed by atoms with Crippen LogP contribution in [-0.4, -0.2) is 33.7 Å². The Bertz CT molecular complexity index is 775. The zero-order valence-corrected chi connectivity index (χ0v) is 15.0. The second kappa shape index (κ2) is 7.83. The largest absolute Gasteiger partial charge is 0.339 e. The quantitative estimate of drug-likeness (QED) is 0.760. The summed E-state index contributed by atoms with van der Waals surface area (Å²) in [5.74, 6) is -0.307. The second-order valence-electron chi connectivity index (χ2n) is 6.25. The summed E-state index contributed by atoms with van der Waals surface area (Å²) >= 11 is 6.43. The molecule has 1 aromatic carbocycles. The number of hydrogen-bond acceptors (Lipinski definition) is 2. The molecule has 2 heterocycles. The van der Waals surface area contributed by atoms with Gasteiger partial charge in [-0.25, -0.2) is 9.07 Å². The number of benzene rings is 1. The Balaban J connectivity index is 1.80. The number of carbonyl (C=O) groups excluding carboxylic acids is 1. The summed E-state index contributed by atoms with van der Waals surface area (Å²) in [4.78, 5) is 14.3. The van der Waals surface area contributed by atoms with Crippen LogP contribution in [0.3, 0.4) is 0 Å². The van der Waals surface area contributed by atoms with E-state index in [0.717, 1.165) is 25.9 Å². The molecule has 4 nitrogen and oxygen atoms in total. The first-order valence-corrected chi connectivity index (χ1v) is 8.92. The van der Waals surface area contributed by atoms with Crippen LogP contribution in [0.15, 0.2) is 30.3 Å². The average Bonchev–Trinajstić information content (AvgIpc) is 2.80. The van der Waals surface area contributed by atoms with E-state index in [9.17, 15) is 9.18 Å². The molecule has 0 bridgehead atoms. The monoisotopic (exact) mass is 361 g/mol. The summed E-state index contributed by atoms with van der Waals surface area (Å²) in [5, 5.41) is 4.81. The van der Waals surface area contributed by atoms with Crippen molar-refractivity contribution in [1.82, 2.24) is 14.7 Å². The lowest BCUT2D eigenvalue weighted by Gasteiger charge is -2.17. The van der Waals surface area contributed by atoms with Crippen molar-refractivity contribution in [3.63, 3.8) is 0 Å². The van der Waals surface area contributed by atoms with Crippen molar-refractivity contribution in [3.05, 3.63) is 52.6 Å². The van der Waals surface area contributed by atoms with Gasteiger partial charge in [0.05, 0.1) is 11.4 Å². The first kappa shape index (κ1) is 17.7. The van der Waals surface area contributed by atoms with Gasteiger partial charge < -0.3 is 4.90 Å². The highest BCUT2D eigenvalue weighted by Gasteiger charge is 2.15. The number of nitrogens with zero attached hydrogens (tertiary/aromatic N) is 3. The van der Waals surface area contributed by atoms with Crippen molar-refractivity contribution in [2.24, 2.45) is 0 Å². The maximum absolute atomic E-state index is 13.1. The summed E-state index contributed by atoms with van der Waals surface area (Å²) in [7, 11) is 0. The topological polar surface area (TPSA) is 38.1 Å². The molecular formula is C19H21ClFN3O. The molecule has 0 unspecified atom stereocenters. The van der Waals surface area contributed by atoms with Gasteiger partial charge in [-0.2, -0.15) is 5.10 Å². The Hall–Kier alpha value is -2.14. The molecule has 0 aliphatic carbocycles. The minimum Gasteiger partial charge on any atom is -0.339 e. The van der Waals surface area contributed by atoms with Crippen LogP contribution >= 0.6 is 11.6 Å². The number of amides is 1. The van der Waals surface area contributed by atoms with Gasteiger partial charge in [0.15, 0.2) is 0 Å². The Morgan fingerprint density at radius 3 is 2.44 bits per heavy atom. The molecule has 1 amide bonds. The van der Waals surface area contributed by atoms with Crippen molar-refractivity contribution >= 4 is 23.6 Å². The Kier molecular flexibility index (Phi) is 5.53. The number of aromatic nitrogens is 2. The molecule has 1 aromatic heterocycles. The highest BCUT2D eigenvalue weighted by atomic mass is 35.5. The van der Waals surface area contributed by atoms with Crippen LogP contribution in [-0.2, 0) is 4.79 Å². The SMILES string of the molecule is Cc1nn(-c2ccc(F)cc2)c(Cl)c1/C=C/C(=O)N1CCCCCC1. The third kappa shape index (κ3) is 4.10. The predicted molar refractivity (Wildman–Crippen MR) is 97.4 cm³/mol. The molecule has 0 spiro atoms. The van der Waals surface area contributed by atoms with Crippen LogP contribution in [0.5, 0.6) is 0 Å². The van der Waals surface area contributed by atoms with E-state index < -0.39 is 0 Å². The first-order chi connectivity index (χ1) is 12.1. The minimum atomic E-state index is -0.313. The molecule has 1 aliphatic heterocycles. The summed E-state index contributed by atoms with van der Waals surface area (Å²) in [6.07, 6.45) is 7.77. The van der Waals surface area contributed by atoms with Crippen LogP contribution < -0.4 is 0 Å². The molecular weight excluding hydrogens is 341 g/mol. The van der Waals surface area contributed by atoms with Gasteiger partial charge in [0.1, 0.15) is 11.0 Å². The number of carbonyl (C=O) groups is 1. The Morgan fingerprint density at radius 1 is 1.16 bits per heavy atom. The standard InChI is InChI=1S/C19H21ClFN3O/c1-14-17(10-11-18(25)23-12-4-2-3-5-13-23)19(20)24(22-14)16-8-6-15(21)7-9-16/h6-11H,2-5,12-13H2,1H3/b11-10+. The smallest absolute Gasteiger partial charge is 0.246 e. The fourth-order valence-corrected chi connectivity index (χ4v) is 3.34. The summed E-state index contributed by atoms with van der Waals surface area (Å²) < 4.78 is 14.6. The molecule has 0 atom stereocenters. The average molecular weight is 362 g/mol. The van der Waals surface area contributed by atoms with E-state index in [4.69, 9.17) is 11.6 Å². The van der Waals surface area contributed by atoms with Gasteiger partial charge in [-0.1, -0.05) is 24.4 Å². The van der Waals surface area contributed by atoms with Gasteiger partial charge in [-0.3, -0.25) is 4.79 Å². The van der Waals surface area contributed by atoms with Crippen molar-refractivity contribution < 1.29 is 9.18 Å². The van der Waals surface area contributed by atoms with Gasteiger partial charge in [-0.05, 0) is 50.1 Å². The number of likely N-dealkylation sites (tertiary alicyclic amines) is 1. The Labute approximate surface area is 151 Å². The summed E-state index contributed by atoms with van der Waals surface area (Å²) in [6.45, 7) is 3.46. The molecule has 1 saturated heterocycles. The summed E-state index contributed by atoms with van der Waals surface area (Å²) in [6, 6.07) is 5.95. The van der Waals surface area contributed by atoms with E-state index in [0.29, 0.717) is 22.1 Å². The molecule has 1 fully saturated rings. The predicted octanol–water partition coefficient (Wildman–Crippen LogP) is 4.39. The van der Waals surface area contributed by atoms with Crippen LogP contribution in [0.4, 0.5) is 4.39 Å². The molecule has 132 valence electrons. The molecule has 0 N–H and O–H groups in total. The van der Waals surface area contributed by atoms with Crippen LogP contribution in [0.1, 0.15) is 36.9 Å². The highest BCUT2D eigenvalue weighted by Crippen LogP contribution is 2.25. The highest BCUT2D eigenvalue weighted by molar-refractivity contribution is 6.31. The summed E-state index contributed by atoms with van der Waals surface area (Å²) in [5.41, 5.74) is 2.09. The maximum atomic E-state index is 13.1. The first-order valence-electron chi connectivity index (χ1n) is 8.54. The third-order valence-corrected chi connectivity index (χ3v) is 4.79. The van der Waals surface area contributed by atoms with Crippen molar-refractivity contribution in [3.8, 4) is 5.69 Å². The van der Waals surface area contributed by atoms with Crippen LogP contribution in [0.2, 0.25) is 5.15 Å². The van der Waals surface area contributed by atoms with E-state index in [1.807, 2.05) is 11.8 Å². The molecule has 3 rings (SSSR count). The van der Waals surface area contributed by atoms with Crippen molar-refractivity contribution in [2.45, 2.75) is 32.6 Å². The van der Waals surface area contributed by atoms with Gasteiger partial charge in [0, 0.05) is 24.7 Å². The molecule has 0 saturated carbocycles. The lowest BCUT2D eigenvalue weighted by atomic mass is 10.2. The fourth-order valence-electron chi connectivity index (χ4n) is 3.00. The van der Waals surface area contributed by atoms with E-state index in [1.165, 1.54) is 25.0 Å². The number of hydrogen-bond donors (Lipinski definition) is 0. The van der Waals surface area contributed by atoms with Crippen LogP contribution in [0, 0.1) is 12.7 Å². The molecule has 2 aromatic rings. The van der Waals surface area contributed by atoms with E-state index in [-0.39, 0.29) is 11.7 Å². The van der Waals surface area contributed by atoms with E-state index in [2.05, 4.69) is 5.10 Å². The van der Waals surface area contributed by atoms with Gasteiger partial charge in [0.2, 0.25) is 5.91 Å². The molecule has 25 heavy (non-hydrogen) atoms. The molecule has 1 aliphatic rings. The van der Waals surface area contributed by atoms with Crippen molar-refractivity contribution in [2.75, 3.05) is 13.1 Å².